The number of aliphatic hydroxyl groups excluding tert-OH is 2. The van der Waals surface area contributed by atoms with Gasteiger partial charge in [0.05, 0.1) is 0 Å². The summed E-state index contributed by atoms with van der Waals surface area (Å²) >= 11 is 0. The van der Waals surface area contributed by atoms with Crippen molar-refractivity contribution in [2.24, 2.45) is 17.8 Å². The summed E-state index contributed by atoms with van der Waals surface area (Å²) in [6, 6.07) is 0. The van der Waals surface area contributed by atoms with E-state index in [0.717, 1.165) is 5.92 Å². The third-order valence-corrected chi connectivity index (χ3v) is 3.20. The summed E-state index contributed by atoms with van der Waals surface area (Å²) in [5.41, 5.74) is 0. The molecular weight excluding hydrogens is 152 g/mol. The van der Waals surface area contributed by atoms with Crippen molar-refractivity contribution in [3.8, 4) is 0 Å². The van der Waals surface area contributed by atoms with Crippen LogP contribution < -0.4 is 0 Å². The zero-order valence-corrected chi connectivity index (χ0v) is 7.87. The quantitative estimate of drug-likeness (QED) is 0.676. The second-order valence-corrected chi connectivity index (χ2v) is 4.15. The molecule has 1 fully saturated rings. The van der Waals surface area contributed by atoms with E-state index >= 15 is 0 Å². The van der Waals surface area contributed by atoms with Crippen molar-refractivity contribution in [2.75, 3.05) is 13.2 Å². The van der Waals surface area contributed by atoms with Crippen LogP contribution in [-0.4, -0.2) is 23.4 Å². The Balaban J connectivity index is 2.32. The summed E-state index contributed by atoms with van der Waals surface area (Å²) < 4.78 is 0. The van der Waals surface area contributed by atoms with Crippen LogP contribution in [0, 0.1) is 17.8 Å². The SMILES string of the molecule is CC1CCC(C(CO)CO)CC1. The Morgan fingerprint density at radius 1 is 1.08 bits per heavy atom. The fourth-order valence-corrected chi connectivity index (χ4v) is 2.11. The molecule has 1 aliphatic carbocycles. The molecule has 2 heteroatoms. The molecule has 0 radical (unpaired) electrons. The highest BCUT2D eigenvalue weighted by Gasteiger charge is 2.24. The molecule has 0 spiro atoms. The van der Waals surface area contributed by atoms with Crippen molar-refractivity contribution in [2.45, 2.75) is 32.6 Å². The summed E-state index contributed by atoms with van der Waals surface area (Å²) in [6.45, 7) is 2.58. The molecular formula is C10H20O2. The van der Waals surface area contributed by atoms with Crippen LogP contribution in [0.25, 0.3) is 0 Å². The minimum Gasteiger partial charge on any atom is -0.396 e. The lowest BCUT2D eigenvalue weighted by Crippen LogP contribution is -2.26. The molecule has 0 aliphatic heterocycles. The highest BCUT2D eigenvalue weighted by molar-refractivity contribution is 4.75. The Hall–Kier alpha value is -0.0800. The van der Waals surface area contributed by atoms with Gasteiger partial charge in [-0.2, -0.15) is 0 Å². The van der Waals surface area contributed by atoms with E-state index in [1.165, 1.54) is 25.7 Å². The number of aliphatic hydroxyl groups is 2. The average Bonchev–Trinajstić information content (AvgIpc) is 2.10. The molecule has 0 aromatic heterocycles. The summed E-state index contributed by atoms with van der Waals surface area (Å²) in [6.07, 6.45) is 4.90. The first kappa shape index (κ1) is 10.0. The van der Waals surface area contributed by atoms with Crippen LogP contribution in [0.15, 0.2) is 0 Å². The van der Waals surface area contributed by atoms with Gasteiger partial charge in [0.2, 0.25) is 0 Å². The summed E-state index contributed by atoms with van der Waals surface area (Å²) in [7, 11) is 0. The van der Waals surface area contributed by atoms with Gasteiger partial charge in [-0.3, -0.25) is 0 Å². The summed E-state index contributed by atoms with van der Waals surface area (Å²) in [5.74, 6) is 1.55. The normalized spacial score (nSPS) is 31.0. The second kappa shape index (κ2) is 4.83. The first-order valence-electron chi connectivity index (χ1n) is 4.99. The Morgan fingerprint density at radius 2 is 1.58 bits per heavy atom. The fraction of sp³-hybridized carbons (Fsp3) is 1.00. The average molecular weight is 172 g/mol. The minimum absolute atomic E-state index is 0.137. The zero-order chi connectivity index (χ0) is 8.97. The van der Waals surface area contributed by atoms with Crippen molar-refractivity contribution in [3.05, 3.63) is 0 Å². The van der Waals surface area contributed by atoms with E-state index in [1.807, 2.05) is 0 Å². The Labute approximate surface area is 74.6 Å². The highest BCUT2D eigenvalue weighted by Crippen LogP contribution is 2.32. The van der Waals surface area contributed by atoms with Crippen molar-refractivity contribution in [1.82, 2.24) is 0 Å². The monoisotopic (exact) mass is 172 g/mol. The highest BCUT2D eigenvalue weighted by atomic mass is 16.3. The Morgan fingerprint density at radius 3 is 2.00 bits per heavy atom. The first-order valence-corrected chi connectivity index (χ1v) is 4.99. The van der Waals surface area contributed by atoms with Gasteiger partial charge in [-0.05, 0) is 24.7 Å². The fourth-order valence-electron chi connectivity index (χ4n) is 2.11. The smallest absolute Gasteiger partial charge is 0.0483 e. The van der Waals surface area contributed by atoms with Gasteiger partial charge in [0.15, 0.2) is 0 Å². The van der Waals surface area contributed by atoms with Crippen LogP contribution in [0.4, 0.5) is 0 Å². The van der Waals surface area contributed by atoms with Crippen molar-refractivity contribution in [3.63, 3.8) is 0 Å². The van der Waals surface area contributed by atoms with E-state index in [2.05, 4.69) is 6.92 Å². The standard InChI is InChI=1S/C10H20O2/c1-8-2-4-9(5-3-8)10(6-11)7-12/h8-12H,2-7H2,1H3. The van der Waals surface area contributed by atoms with Crippen LogP contribution in [0.3, 0.4) is 0 Å². The molecule has 1 saturated carbocycles. The maximum atomic E-state index is 8.98. The van der Waals surface area contributed by atoms with E-state index in [9.17, 15) is 0 Å². The molecule has 0 saturated heterocycles. The topological polar surface area (TPSA) is 40.5 Å². The summed E-state index contributed by atoms with van der Waals surface area (Å²) in [5, 5.41) is 18.0. The van der Waals surface area contributed by atoms with Gasteiger partial charge in [-0.25, -0.2) is 0 Å². The summed E-state index contributed by atoms with van der Waals surface area (Å²) in [4.78, 5) is 0. The second-order valence-electron chi connectivity index (χ2n) is 4.15. The molecule has 0 heterocycles. The molecule has 2 N–H and O–H groups in total. The lowest BCUT2D eigenvalue weighted by atomic mass is 9.77. The number of hydrogen-bond acceptors (Lipinski definition) is 2. The van der Waals surface area contributed by atoms with Gasteiger partial charge >= 0.3 is 0 Å². The van der Waals surface area contributed by atoms with Crippen molar-refractivity contribution < 1.29 is 10.2 Å². The molecule has 1 rings (SSSR count). The predicted molar refractivity (Wildman–Crippen MR) is 48.8 cm³/mol. The van der Waals surface area contributed by atoms with Crippen LogP contribution in [-0.2, 0) is 0 Å². The third-order valence-electron chi connectivity index (χ3n) is 3.20. The van der Waals surface area contributed by atoms with E-state index in [1.54, 1.807) is 0 Å². The molecule has 0 aromatic carbocycles. The zero-order valence-electron chi connectivity index (χ0n) is 7.87. The largest absolute Gasteiger partial charge is 0.396 e. The maximum absolute atomic E-state index is 8.98. The van der Waals surface area contributed by atoms with E-state index < -0.39 is 0 Å². The molecule has 72 valence electrons. The Kier molecular flexibility index (Phi) is 4.02. The van der Waals surface area contributed by atoms with Gasteiger partial charge in [0, 0.05) is 19.1 Å². The van der Waals surface area contributed by atoms with Crippen molar-refractivity contribution >= 4 is 0 Å². The molecule has 0 bridgehead atoms. The number of hydrogen-bond donors (Lipinski definition) is 2. The molecule has 0 unspecified atom stereocenters. The van der Waals surface area contributed by atoms with Crippen LogP contribution >= 0.6 is 0 Å². The molecule has 0 atom stereocenters. The van der Waals surface area contributed by atoms with Crippen molar-refractivity contribution in [1.29, 1.82) is 0 Å². The molecule has 2 nitrogen and oxygen atoms in total. The van der Waals surface area contributed by atoms with Crippen LogP contribution in [0.1, 0.15) is 32.6 Å². The molecule has 1 aliphatic rings. The number of rotatable bonds is 3. The van der Waals surface area contributed by atoms with Gasteiger partial charge in [0.25, 0.3) is 0 Å². The van der Waals surface area contributed by atoms with E-state index in [4.69, 9.17) is 10.2 Å². The molecule has 12 heavy (non-hydrogen) atoms. The van der Waals surface area contributed by atoms with Crippen LogP contribution in [0.2, 0.25) is 0 Å². The van der Waals surface area contributed by atoms with Gasteiger partial charge in [-0.1, -0.05) is 19.8 Å². The molecule has 0 aromatic rings. The third kappa shape index (κ3) is 2.46. The van der Waals surface area contributed by atoms with Gasteiger partial charge in [-0.15, -0.1) is 0 Å². The molecule has 0 amide bonds. The van der Waals surface area contributed by atoms with Crippen LogP contribution in [0.5, 0.6) is 0 Å². The van der Waals surface area contributed by atoms with Gasteiger partial charge < -0.3 is 10.2 Å². The predicted octanol–water partition coefficient (Wildman–Crippen LogP) is 1.41. The maximum Gasteiger partial charge on any atom is 0.0483 e. The lowest BCUT2D eigenvalue weighted by Gasteiger charge is -2.30. The lowest BCUT2D eigenvalue weighted by molar-refractivity contribution is 0.0811. The van der Waals surface area contributed by atoms with E-state index in [0.29, 0.717) is 5.92 Å². The first-order chi connectivity index (χ1) is 5.77. The minimum atomic E-state index is 0.137. The Bertz CT molecular complexity index is 113. The van der Waals surface area contributed by atoms with E-state index in [-0.39, 0.29) is 19.1 Å². The van der Waals surface area contributed by atoms with Gasteiger partial charge in [0.1, 0.15) is 0 Å².